The zero-order chi connectivity index (χ0) is 14.3. The second-order valence-electron chi connectivity index (χ2n) is 3.57. The molecule has 0 saturated carbocycles. The molecule has 0 bridgehead atoms. The summed E-state index contributed by atoms with van der Waals surface area (Å²) in [6.07, 6.45) is -2.48. The molecule has 0 fully saturated rings. The van der Waals surface area contributed by atoms with E-state index in [1.807, 2.05) is 5.32 Å². The summed E-state index contributed by atoms with van der Waals surface area (Å²) in [5.41, 5.74) is 0.118. The molecule has 1 aromatic rings. The second-order valence-corrected chi connectivity index (χ2v) is 3.57. The fraction of sp³-hybridized carbons (Fsp3) is 0.308. The van der Waals surface area contributed by atoms with E-state index in [-0.39, 0.29) is 24.2 Å². The van der Waals surface area contributed by atoms with Crippen molar-refractivity contribution in [2.75, 3.05) is 13.2 Å². The van der Waals surface area contributed by atoms with Crippen LogP contribution in [0, 0.1) is 17.7 Å². The maximum Gasteiger partial charge on any atom is 0.255 e. The van der Waals surface area contributed by atoms with Crippen LogP contribution in [0.2, 0.25) is 0 Å². The molecule has 2 N–H and O–H groups in total. The van der Waals surface area contributed by atoms with Crippen LogP contribution >= 0.6 is 0 Å². The molecule has 0 unspecified atom stereocenters. The molecular weight excluding hydrogens is 259 g/mol. The molecule has 0 saturated heterocycles. The molecule has 0 heterocycles. The lowest BCUT2D eigenvalue weighted by atomic mass is 10.1. The fourth-order valence-electron chi connectivity index (χ4n) is 1.30. The topological polar surface area (TPSA) is 49.3 Å². The van der Waals surface area contributed by atoms with Crippen LogP contribution in [0.15, 0.2) is 18.2 Å². The monoisotopic (exact) mass is 271 g/mol. The van der Waals surface area contributed by atoms with Crippen molar-refractivity contribution in [1.29, 1.82) is 0 Å². The van der Waals surface area contributed by atoms with Gasteiger partial charge in [-0.05, 0) is 18.2 Å². The van der Waals surface area contributed by atoms with Crippen LogP contribution < -0.4 is 5.32 Å². The molecule has 102 valence electrons. The van der Waals surface area contributed by atoms with Gasteiger partial charge in [-0.25, -0.2) is 13.2 Å². The summed E-state index contributed by atoms with van der Waals surface area (Å²) in [5.74, 6) is 3.74. The zero-order valence-corrected chi connectivity index (χ0v) is 9.92. The van der Waals surface area contributed by atoms with E-state index in [4.69, 9.17) is 5.11 Å². The number of amides is 1. The van der Waals surface area contributed by atoms with Crippen molar-refractivity contribution in [3.63, 3.8) is 0 Å². The summed E-state index contributed by atoms with van der Waals surface area (Å²) < 4.78 is 37.1. The van der Waals surface area contributed by atoms with Gasteiger partial charge in [0, 0.05) is 12.0 Å². The normalized spacial score (nSPS) is 9.95. The lowest BCUT2D eigenvalue weighted by Gasteiger charge is -2.06. The number of carbonyl (C=O) groups excluding carboxylic acids is 1. The lowest BCUT2D eigenvalue weighted by Crippen LogP contribution is -2.29. The van der Waals surface area contributed by atoms with Gasteiger partial charge in [0.25, 0.3) is 12.3 Å². The summed E-state index contributed by atoms with van der Waals surface area (Å²) in [5, 5.41) is 10.6. The molecule has 0 spiro atoms. The van der Waals surface area contributed by atoms with E-state index in [2.05, 4.69) is 11.8 Å². The minimum Gasteiger partial charge on any atom is -0.395 e. The molecule has 0 radical (unpaired) electrons. The quantitative estimate of drug-likeness (QED) is 0.816. The Hall–Kier alpha value is -2.00. The minimum absolute atomic E-state index is 0.0208. The van der Waals surface area contributed by atoms with Crippen molar-refractivity contribution in [2.24, 2.45) is 0 Å². The van der Waals surface area contributed by atoms with Crippen LogP contribution in [0.25, 0.3) is 0 Å². The summed E-state index contributed by atoms with van der Waals surface area (Å²) in [6, 6.07) is 3.27. The average Bonchev–Trinajstić information content (AvgIpc) is 2.36. The van der Waals surface area contributed by atoms with Gasteiger partial charge in [-0.1, -0.05) is 11.8 Å². The standard InChI is InChI=1S/C13H12F3NO2/c14-10-4-5-11(13(19)17-8-12(15)16)9(7-10)3-1-2-6-18/h4-5,7,12,18H,2,6,8H2,(H,17,19). The van der Waals surface area contributed by atoms with E-state index in [9.17, 15) is 18.0 Å². The van der Waals surface area contributed by atoms with E-state index in [1.165, 1.54) is 6.07 Å². The number of aliphatic hydroxyl groups is 1. The van der Waals surface area contributed by atoms with Gasteiger partial charge in [0.1, 0.15) is 5.82 Å². The van der Waals surface area contributed by atoms with E-state index < -0.39 is 24.7 Å². The SMILES string of the molecule is O=C(NCC(F)F)c1ccc(F)cc1C#CCCO. The second kappa shape index (κ2) is 7.44. The van der Waals surface area contributed by atoms with Gasteiger partial charge in [0.2, 0.25) is 0 Å². The first kappa shape index (κ1) is 15.1. The highest BCUT2D eigenvalue weighted by Crippen LogP contribution is 2.10. The largest absolute Gasteiger partial charge is 0.395 e. The van der Waals surface area contributed by atoms with E-state index >= 15 is 0 Å². The van der Waals surface area contributed by atoms with Crippen molar-refractivity contribution in [1.82, 2.24) is 5.32 Å². The Morgan fingerprint density at radius 3 is 2.79 bits per heavy atom. The Bertz CT molecular complexity index is 506. The van der Waals surface area contributed by atoms with Crippen LogP contribution in [-0.4, -0.2) is 30.6 Å². The third kappa shape index (κ3) is 5.02. The predicted octanol–water partition coefficient (Wildman–Crippen LogP) is 1.55. The number of hydrogen-bond acceptors (Lipinski definition) is 2. The number of alkyl halides is 2. The van der Waals surface area contributed by atoms with Crippen molar-refractivity contribution < 1.29 is 23.1 Å². The molecule has 0 aromatic heterocycles. The molecule has 3 nitrogen and oxygen atoms in total. The summed E-state index contributed by atoms with van der Waals surface area (Å²) in [6.45, 7) is -0.936. The Morgan fingerprint density at radius 1 is 1.42 bits per heavy atom. The van der Waals surface area contributed by atoms with Gasteiger partial charge in [0.15, 0.2) is 0 Å². The fourth-order valence-corrected chi connectivity index (χ4v) is 1.30. The molecule has 0 atom stereocenters. The first-order valence-corrected chi connectivity index (χ1v) is 5.50. The highest BCUT2D eigenvalue weighted by molar-refractivity contribution is 5.96. The number of nitrogens with one attached hydrogen (secondary N) is 1. The number of rotatable bonds is 4. The van der Waals surface area contributed by atoms with Crippen molar-refractivity contribution in [3.8, 4) is 11.8 Å². The van der Waals surface area contributed by atoms with E-state index in [1.54, 1.807) is 0 Å². The van der Waals surface area contributed by atoms with Gasteiger partial charge in [-0.2, -0.15) is 0 Å². The number of benzene rings is 1. The van der Waals surface area contributed by atoms with Crippen LogP contribution in [0.5, 0.6) is 0 Å². The van der Waals surface area contributed by atoms with Crippen LogP contribution in [0.4, 0.5) is 13.2 Å². The molecule has 1 amide bonds. The lowest BCUT2D eigenvalue weighted by molar-refractivity contribution is 0.0891. The maximum absolute atomic E-state index is 13.1. The minimum atomic E-state index is -2.66. The smallest absolute Gasteiger partial charge is 0.255 e. The molecule has 0 aliphatic heterocycles. The molecule has 0 aliphatic rings. The first-order valence-electron chi connectivity index (χ1n) is 5.50. The summed E-state index contributed by atoms with van der Waals surface area (Å²) >= 11 is 0. The average molecular weight is 271 g/mol. The Balaban J connectivity index is 2.93. The predicted molar refractivity (Wildman–Crippen MR) is 63.3 cm³/mol. The number of carbonyl (C=O) groups is 1. The van der Waals surface area contributed by atoms with Crippen LogP contribution in [-0.2, 0) is 0 Å². The van der Waals surface area contributed by atoms with Gasteiger partial charge >= 0.3 is 0 Å². The van der Waals surface area contributed by atoms with Crippen molar-refractivity contribution >= 4 is 5.91 Å². The third-order valence-electron chi connectivity index (χ3n) is 2.10. The van der Waals surface area contributed by atoms with Crippen LogP contribution in [0.1, 0.15) is 22.3 Å². The molecular formula is C13H12F3NO2. The van der Waals surface area contributed by atoms with Gasteiger partial charge in [0.05, 0.1) is 18.7 Å². The van der Waals surface area contributed by atoms with Gasteiger partial charge in [-0.3, -0.25) is 4.79 Å². The molecule has 0 aliphatic carbocycles. The van der Waals surface area contributed by atoms with Crippen molar-refractivity contribution in [3.05, 3.63) is 35.1 Å². The highest BCUT2D eigenvalue weighted by atomic mass is 19.3. The van der Waals surface area contributed by atoms with E-state index in [0.29, 0.717) is 0 Å². The first-order chi connectivity index (χ1) is 9.04. The summed E-state index contributed by atoms with van der Waals surface area (Å²) in [4.78, 5) is 11.6. The number of hydrogen-bond donors (Lipinski definition) is 2. The Labute approximate surface area is 108 Å². The van der Waals surface area contributed by atoms with Crippen molar-refractivity contribution in [2.45, 2.75) is 12.8 Å². The van der Waals surface area contributed by atoms with E-state index in [0.717, 1.165) is 12.1 Å². The van der Waals surface area contributed by atoms with Gasteiger partial charge in [-0.15, -0.1) is 0 Å². The zero-order valence-electron chi connectivity index (χ0n) is 9.92. The number of halogens is 3. The Morgan fingerprint density at radius 2 is 2.16 bits per heavy atom. The number of aliphatic hydroxyl groups excluding tert-OH is 1. The Kier molecular flexibility index (Phi) is 5.90. The molecule has 1 aromatic carbocycles. The molecule has 1 rings (SSSR count). The molecule has 19 heavy (non-hydrogen) atoms. The molecule has 6 heteroatoms. The van der Waals surface area contributed by atoms with Crippen LogP contribution in [0.3, 0.4) is 0 Å². The highest BCUT2D eigenvalue weighted by Gasteiger charge is 2.12. The summed E-state index contributed by atoms with van der Waals surface area (Å²) in [7, 11) is 0. The van der Waals surface area contributed by atoms with Gasteiger partial charge < -0.3 is 10.4 Å². The third-order valence-corrected chi connectivity index (χ3v) is 2.10. The maximum atomic E-state index is 13.1.